The van der Waals surface area contributed by atoms with Crippen molar-refractivity contribution in [3.05, 3.63) is 83.9 Å². The molecule has 7 nitrogen and oxygen atoms in total. The van der Waals surface area contributed by atoms with Gasteiger partial charge in [0, 0.05) is 11.8 Å². The number of sulfone groups is 1. The van der Waals surface area contributed by atoms with E-state index in [1.54, 1.807) is 12.1 Å². The van der Waals surface area contributed by atoms with Gasteiger partial charge in [0.1, 0.15) is 11.5 Å². The first-order valence-electron chi connectivity index (χ1n) is 8.74. The monoisotopic (exact) mass is 467 g/mol. The molecule has 1 heterocycles. The van der Waals surface area contributed by atoms with Crippen LogP contribution in [0.2, 0.25) is 0 Å². The van der Waals surface area contributed by atoms with E-state index in [0.717, 1.165) is 24.3 Å². The lowest BCUT2D eigenvalue weighted by atomic mass is 10.2. The number of hydrogen-bond acceptors (Lipinski definition) is 5. The van der Waals surface area contributed by atoms with Crippen molar-refractivity contribution >= 4 is 33.0 Å². The molecule has 166 valence electrons. The van der Waals surface area contributed by atoms with Gasteiger partial charge in [0.25, 0.3) is 21.7 Å². The van der Waals surface area contributed by atoms with Crippen LogP contribution in [0, 0.1) is 5.82 Å². The van der Waals surface area contributed by atoms with Gasteiger partial charge in [-0.05, 0) is 54.6 Å². The molecule has 0 aliphatic carbocycles. The normalized spacial score (nSPS) is 11.6. The highest BCUT2D eigenvalue weighted by molar-refractivity contribution is 7.92. The second kappa shape index (κ2) is 8.75. The van der Waals surface area contributed by atoms with E-state index in [-0.39, 0.29) is 22.6 Å². The average molecular weight is 467 g/mol. The van der Waals surface area contributed by atoms with Crippen LogP contribution in [-0.4, -0.2) is 30.7 Å². The third-order valence-corrected chi connectivity index (χ3v) is 5.61. The fourth-order valence-electron chi connectivity index (χ4n) is 2.53. The molecule has 0 saturated heterocycles. The van der Waals surface area contributed by atoms with Crippen LogP contribution in [0.1, 0.15) is 20.8 Å². The smallest absolute Gasteiger partial charge is 0.320 e. The number of carbonyl (C=O) groups excluding carboxylic acids is 2. The summed E-state index contributed by atoms with van der Waals surface area (Å²) in [5, 5.41) is 4.80. The highest BCUT2D eigenvalue weighted by atomic mass is 32.2. The molecule has 2 N–H and O–H groups in total. The third kappa shape index (κ3) is 4.91. The molecule has 0 bridgehead atoms. The summed E-state index contributed by atoms with van der Waals surface area (Å²) in [7, 11) is -5.56. The van der Waals surface area contributed by atoms with Crippen LogP contribution < -0.4 is 10.6 Å². The first kappa shape index (κ1) is 22.9. The minimum Gasteiger partial charge on any atom is -0.320 e. The van der Waals surface area contributed by atoms with Crippen molar-refractivity contribution in [2.45, 2.75) is 10.4 Å². The summed E-state index contributed by atoms with van der Waals surface area (Å²) in [5.74, 6) is -2.24. The van der Waals surface area contributed by atoms with Crippen LogP contribution in [-0.2, 0) is 9.84 Å². The van der Waals surface area contributed by atoms with E-state index in [1.807, 2.05) is 0 Å². The van der Waals surface area contributed by atoms with Gasteiger partial charge in [-0.15, -0.1) is 0 Å². The van der Waals surface area contributed by atoms with Crippen LogP contribution in [0.5, 0.6) is 0 Å². The van der Waals surface area contributed by atoms with Gasteiger partial charge in [-0.2, -0.15) is 13.2 Å². The van der Waals surface area contributed by atoms with Crippen molar-refractivity contribution in [2.24, 2.45) is 0 Å². The van der Waals surface area contributed by atoms with Crippen LogP contribution in [0.3, 0.4) is 0 Å². The molecule has 2 amide bonds. The third-order valence-electron chi connectivity index (χ3n) is 4.11. The number of hydrogen-bond donors (Lipinski definition) is 2. The summed E-state index contributed by atoms with van der Waals surface area (Å²) in [4.78, 5) is 27.6. The van der Waals surface area contributed by atoms with Crippen LogP contribution in [0.15, 0.2) is 71.8 Å². The lowest BCUT2D eigenvalue weighted by molar-refractivity contribution is -0.0436. The Morgan fingerprint density at radius 3 is 2.09 bits per heavy atom. The van der Waals surface area contributed by atoms with E-state index in [9.17, 15) is 35.6 Å². The summed E-state index contributed by atoms with van der Waals surface area (Å²) in [5.41, 5.74) is -5.72. The largest absolute Gasteiger partial charge is 0.501 e. The van der Waals surface area contributed by atoms with Gasteiger partial charge in [0.2, 0.25) is 0 Å². The van der Waals surface area contributed by atoms with Crippen molar-refractivity contribution in [1.29, 1.82) is 0 Å². The Bertz CT molecular complexity index is 1260. The molecule has 0 radical (unpaired) electrons. The topological polar surface area (TPSA) is 105 Å². The average Bonchev–Trinajstić information content (AvgIpc) is 2.75. The first-order chi connectivity index (χ1) is 15.0. The first-order valence-corrected chi connectivity index (χ1v) is 10.2. The fourth-order valence-corrected chi connectivity index (χ4v) is 3.29. The number of nitrogens with one attached hydrogen (secondary N) is 2. The molecule has 0 unspecified atom stereocenters. The van der Waals surface area contributed by atoms with E-state index in [2.05, 4.69) is 15.6 Å². The molecule has 0 aliphatic rings. The maximum atomic E-state index is 13.7. The number of anilines is 2. The number of rotatable bonds is 5. The Kier molecular flexibility index (Phi) is 6.25. The van der Waals surface area contributed by atoms with Crippen molar-refractivity contribution < 1.29 is 35.6 Å². The second-order valence-electron chi connectivity index (χ2n) is 6.29. The standard InChI is InChI=1S/C20H13F4N3O4S/c21-13-6-9-15(26-19(29)16-3-1-2-10-25-16)17(11-13)27-18(28)12-4-7-14(8-5-12)32(30,31)20(22,23)24/h1-11H,(H,26,29)(H,27,28). The van der Waals surface area contributed by atoms with E-state index in [1.165, 1.54) is 18.3 Å². The number of carbonyl (C=O) groups is 2. The van der Waals surface area contributed by atoms with Crippen LogP contribution in [0.4, 0.5) is 28.9 Å². The molecule has 1 aromatic heterocycles. The maximum Gasteiger partial charge on any atom is 0.501 e. The number of aromatic nitrogens is 1. The molecular weight excluding hydrogens is 454 g/mol. The molecule has 3 rings (SSSR count). The Balaban J connectivity index is 1.82. The Morgan fingerprint density at radius 1 is 0.844 bits per heavy atom. The van der Waals surface area contributed by atoms with Gasteiger partial charge in [-0.3, -0.25) is 14.6 Å². The number of pyridine rings is 1. The molecule has 12 heteroatoms. The molecule has 2 aromatic carbocycles. The van der Waals surface area contributed by atoms with Crippen molar-refractivity contribution in [3.8, 4) is 0 Å². The molecule has 0 spiro atoms. The number of amides is 2. The van der Waals surface area contributed by atoms with Gasteiger partial charge < -0.3 is 10.6 Å². The Labute approximate surface area is 179 Å². The van der Waals surface area contributed by atoms with E-state index >= 15 is 0 Å². The number of halogens is 4. The molecular formula is C20H13F4N3O4S. The zero-order chi connectivity index (χ0) is 23.5. The molecule has 3 aromatic rings. The minimum atomic E-state index is -5.56. The summed E-state index contributed by atoms with van der Waals surface area (Å²) in [6, 6.07) is 10.8. The summed E-state index contributed by atoms with van der Waals surface area (Å²) in [6.07, 6.45) is 1.39. The highest BCUT2D eigenvalue weighted by Crippen LogP contribution is 2.30. The van der Waals surface area contributed by atoms with Crippen LogP contribution >= 0.6 is 0 Å². The minimum absolute atomic E-state index is 0.0340. The fraction of sp³-hybridized carbons (Fsp3) is 0.0500. The zero-order valence-electron chi connectivity index (χ0n) is 15.9. The molecule has 0 atom stereocenters. The Hall–Kier alpha value is -3.80. The van der Waals surface area contributed by atoms with Crippen molar-refractivity contribution in [2.75, 3.05) is 10.6 Å². The zero-order valence-corrected chi connectivity index (χ0v) is 16.7. The predicted octanol–water partition coefficient (Wildman–Crippen LogP) is 4.02. The maximum absolute atomic E-state index is 13.7. The molecule has 0 aliphatic heterocycles. The number of nitrogens with zero attached hydrogens (tertiary/aromatic N) is 1. The van der Waals surface area contributed by atoms with Gasteiger partial charge in [0.15, 0.2) is 0 Å². The molecule has 0 fully saturated rings. The van der Waals surface area contributed by atoms with Gasteiger partial charge in [-0.25, -0.2) is 12.8 Å². The summed E-state index contributed by atoms with van der Waals surface area (Å²) in [6.45, 7) is 0. The SMILES string of the molecule is O=C(Nc1cc(F)ccc1NC(=O)c1ccccn1)c1ccc(S(=O)(=O)C(F)(F)F)cc1. The summed E-state index contributed by atoms with van der Waals surface area (Å²) < 4.78 is 74.4. The van der Waals surface area contributed by atoms with E-state index < -0.39 is 37.9 Å². The van der Waals surface area contributed by atoms with Crippen molar-refractivity contribution in [3.63, 3.8) is 0 Å². The Morgan fingerprint density at radius 2 is 1.50 bits per heavy atom. The molecule has 32 heavy (non-hydrogen) atoms. The van der Waals surface area contributed by atoms with Gasteiger partial charge >= 0.3 is 5.51 Å². The lowest BCUT2D eigenvalue weighted by Gasteiger charge is -2.13. The predicted molar refractivity (Wildman–Crippen MR) is 106 cm³/mol. The molecule has 0 saturated carbocycles. The number of alkyl halides is 3. The van der Waals surface area contributed by atoms with Crippen molar-refractivity contribution in [1.82, 2.24) is 4.98 Å². The van der Waals surface area contributed by atoms with Gasteiger partial charge in [0.05, 0.1) is 16.3 Å². The quantitative estimate of drug-likeness (QED) is 0.552. The van der Waals surface area contributed by atoms with E-state index in [0.29, 0.717) is 12.1 Å². The van der Waals surface area contributed by atoms with E-state index in [4.69, 9.17) is 0 Å². The van der Waals surface area contributed by atoms with Gasteiger partial charge in [-0.1, -0.05) is 6.07 Å². The number of benzene rings is 2. The second-order valence-corrected chi connectivity index (χ2v) is 8.23. The highest BCUT2D eigenvalue weighted by Gasteiger charge is 2.46. The lowest BCUT2D eigenvalue weighted by Crippen LogP contribution is -2.23. The summed E-state index contributed by atoms with van der Waals surface area (Å²) >= 11 is 0. The van der Waals surface area contributed by atoms with Crippen LogP contribution in [0.25, 0.3) is 0 Å².